The molecule has 0 N–H and O–H groups in total. The summed E-state index contributed by atoms with van der Waals surface area (Å²) in [5.41, 5.74) is 0.349. The molecule has 0 bridgehead atoms. The molecule has 11 heavy (non-hydrogen) atoms. The molecule has 0 amide bonds. The molecule has 0 aromatic rings. The first-order valence-electron chi connectivity index (χ1n) is 4.04. The van der Waals surface area contributed by atoms with E-state index in [4.69, 9.17) is 9.47 Å². The van der Waals surface area contributed by atoms with Crippen LogP contribution in [0.1, 0.15) is 13.3 Å². The fourth-order valence-corrected chi connectivity index (χ4v) is 1.35. The van der Waals surface area contributed by atoms with E-state index in [9.17, 15) is 0 Å². The Hall–Kier alpha value is 0.400. The van der Waals surface area contributed by atoms with Crippen LogP contribution in [-0.4, -0.2) is 31.8 Å². The summed E-state index contributed by atoms with van der Waals surface area (Å²) in [4.78, 5) is 0. The van der Waals surface area contributed by atoms with Crippen LogP contribution in [0.15, 0.2) is 0 Å². The Labute approximate surface area is 76.4 Å². The lowest BCUT2D eigenvalue weighted by Gasteiger charge is -2.40. The summed E-state index contributed by atoms with van der Waals surface area (Å²) in [6, 6.07) is 0. The molecule has 1 aliphatic rings. The SMILES string of the molecule is CCC1(COCCBr)COC1. The van der Waals surface area contributed by atoms with Gasteiger partial charge in [0.15, 0.2) is 0 Å². The Balaban J connectivity index is 2.11. The van der Waals surface area contributed by atoms with Crippen LogP contribution >= 0.6 is 15.9 Å². The first-order valence-corrected chi connectivity index (χ1v) is 5.16. The molecule has 0 radical (unpaired) electrons. The Morgan fingerprint density at radius 3 is 2.64 bits per heavy atom. The second-order valence-corrected chi connectivity index (χ2v) is 3.88. The van der Waals surface area contributed by atoms with Gasteiger partial charge in [0.25, 0.3) is 0 Å². The van der Waals surface area contributed by atoms with Crippen LogP contribution in [0.5, 0.6) is 0 Å². The van der Waals surface area contributed by atoms with Gasteiger partial charge in [-0.3, -0.25) is 0 Å². The minimum atomic E-state index is 0.349. The molecule has 1 saturated heterocycles. The Bertz CT molecular complexity index is 107. The zero-order valence-electron chi connectivity index (χ0n) is 6.94. The zero-order chi connectivity index (χ0) is 8.16. The monoisotopic (exact) mass is 222 g/mol. The van der Waals surface area contributed by atoms with Crippen LogP contribution in [0.3, 0.4) is 0 Å². The van der Waals surface area contributed by atoms with Gasteiger partial charge in [-0.25, -0.2) is 0 Å². The lowest BCUT2D eigenvalue weighted by molar-refractivity contribution is -0.148. The standard InChI is InChI=1S/C8H15BrO2/c1-2-8(6-11-7-8)5-10-4-3-9/h2-7H2,1H3. The van der Waals surface area contributed by atoms with Crippen molar-refractivity contribution in [3.05, 3.63) is 0 Å². The van der Waals surface area contributed by atoms with Crippen molar-refractivity contribution in [1.29, 1.82) is 0 Å². The van der Waals surface area contributed by atoms with Gasteiger partial charge in [0.1, 0.15) is 0 Å². The van der Waals surface area contributed by atoms with E-state index in [0.29, 0.717) is 5.41 Å². The molecule has 0 unspecified atom stereocenters. The number of ether oxygens (including phenoxy) is 2. The molecule has 3 heteroatoms. The van der Waals surface area contributed by atoms with Gasteiger partial charge in [0.05, 0.1) is 26.4 Å². The zero-order valence-corrected chi connectivity index (χ0v) is 8.52. The van der Waals surface area contributed by atoms with Gasteiger partial charge in [0, 0.05) is 10.7 Å². The highest BCUT2D eigenvalue weighted by molar-refractivity contribution is 9.09. The van der Waals surface area contributed by atoms with Gasteiger partial charge in [-0.2, -0.15) is 0 Å². The van der Waals surface area contributed by atoms with Crippen LogP contribution in [0, 0.1) is 5.41 Å². The lowest BCUT2D eigenvalue weighted by atomic mass is 9.84. The first kappa shape index (κ1) is 9.49. The van der Waals surface area contributed by atoms with Gasteiger partial charge in [-0.05, 0) is 6.42 Å². The Morgan fingerprint density at radius 1 is 1.55 bits per heavy atom. The Kier molecular flexibility index (Phi) is 3.82. The molecule has 1 fully saturated rings. The topological polar surface area (TPSA) is 18.5 Å². The van der Waals surface area contributed by atoms with E-state index in [1.54, 1.807) is 0 Å². The van der Waals surface area contributed by atoms with E-state index in [-0.39, 0.29) is 0 Å². The van der Waals surface area contributed by atoms with Crippen LogP contribution in [-0.2, 0) is 9.47 Å². The number of rotatable bonds is 5. The van der Waals surface area contributed by atoms with Crippen molar-refractivity contribution in [2.45, 2.75) is 13.3 Å². The smallest absolute Gasteiger partial charge is 0.0567 e. The fraction of sp³-hybridized carbons (Fsp3) is 1.00. The van der Waals surface area contributed by atoms with Gasteiger partial charge >= 0.3 is 0 Å². The van der Waals surface area contributed by atoms with Crippen molar-refractivity contribution in [3.63, 3.8) is 0 Å². The molecule has 0 aliphatic carbocycles. The van der Waals surface area contributed by atoms with Gasteiger partial charge in [-0.1, -0.05) is 22.9 Å². The lowest BCUT2D eigenvalue weighted by Crippen LogP contribution is -2.45. The molecule has 1 heterocycles. The molecule has 2 nitrogen and oxygen atoms in total. The normalized spacial score (nSPS) is 21.3. The minimum Gasteiger partial charge on any atom is -0.380 e. The Morgan fingerprint density at radius 2 is 2.27 bits per heavy atom. The summed E-state index contributed by atoms with van der Waals surface area (Å²) >= 11 is 3.32. The largest absolute Gasteiger partial charge is 0.380 e. The van der Waals surface area contributed by atoms with Crippen LogP contribution in [0.25, 0.3) is 0 Å². The van der Waals surface area contributed by atoms with Crippen LogP contribution in [0.2, 0.25) is 0 Å². The maximum Gasteiger partial charge on any atom is 0.0567 e. The van der Waals surface area contributed by atoms with E-state index in [2.05, 4.69) is 22.9 Å². The van der Waals surface area contributed by atoms with E-state index >= 15 is 0 Å². The third-order valence-corrected chi connectivity index (χ3v) is 2.52. The predicted octanol–water partition coefficient (Wildman–Crippen LogP) is 1.82. The fourth-order valence-electron chi connectivity index (χ4n) is 1.12. The third-order valence-electron chi connectivity index (χ3n) is 2.20. The molecule has 0 aromatic heterocycles. The predicted molar refractivity (Wildman–Crippen MR) is 48.2 cm³/mol. The second-order valence-electron chi connectivity index (χ2n) is 3.09. The number of alkyl halides is 1. The average molecular weight is 223 g/mol. The second kappa shape index (κ2) is 4.43. The molecule has 1 aliphatic heterocycles. The summed E-state index contributed by atoms with van der Waals surface area (Å²) < 4.78 is 10.6. The number of hydrogen-bond donors (Lipinski definition) is 0. The van der Waals surface area contributed by atoms with Crippen molar-refractivity contribution in [2.75, 3.05) is 31.8 Å². The maximum absolute atomic E-state index is 5.45. The summed E-state index contributed by atoms with van der Waals surface area (Å²) in [6.07, 6.45) is 1.16. The first-order chi connectivity index (χ1) is 5.33. The molecule has 0 aromatic carbocycles. The summed E-state index contributed by atoms with van der Waals surface area (Å²) in [5.74, 6) is 0. The third kappa shape index (κ3) is 2.42. The van der Waals surface area contributed by atoms with Crippen molar-refractivity contribution >= 4 is 15.9 Å². The summed E-state index contributed by atoms with van der Waals surface area (Å²) in [7, 11) is 0. The molecule has 66 valence electrons. The molecule has 0 atom stereocenters. The van der Waals surface area contributed by atoms with Gasteiger partial charge in [-0.15, -0.1) is 0 Å². The van der Waals surface area contributed by atoms with Crippen molar-refractivity contribution in [2.24, 2.45) is 5.41 Å². The van der Waals surface area contributed by atoms with E-state index in [1.807, 2.05) is 0 Å². The van der Waals surface area contributed by atoms with Crippen LogP contribution < -0.4 is 0 Å². The highest BCUT2D eigenvalue weighted by atomic mass is 79.9. The summed E-state index contributed by atoms with van der Waals surface area (Å²) in [5, 5.41) is 0.924. The number of halogens is 1. The van der Waals surface area contributed by atoms with Gasteiger partial charge < -0.3 is 9.47 Å². The molecule has 1 rings (SSSR count). The van der Waals surface area contributed by atoms with Crippen LogP contribution in [0.4, 0.5) is 0 Å². The van der Waals surface area contributed by atoms with Crippen molar-refractivity contribution in [1.82, 2.24) is 0 Å². The number of hydrogen-bond acceptors (Lipinski definition) is 2. The highest BCUT2D eigenvalue weighted by Gasteiger charge is 2.36. The molecular weight excluding hydrogens is 208 g/mol. The van der Waals surface area contributed by atoms with Crippen molar-refractivity contribution in [3.8, 4) is 0 Å². The molecule has 0 spiro atoms. The minimum absolute atomic E-state index is 0.349. The molecular formula is C8H15BrO2. The van der Waals surface area contributed by atoms with E-state index in [1.165, 1.54) is 0 Å². The molecule has 0 saturated carbocycles. The van der Waals surface area contributed by atoms with E-state index < -0.39 is 0 Å². The quantitative estimate of drug-likeness (QED) is 0.522. The van der Waals surface area contributed by atoms with Crippen molar-refractivity contribution < 1.29 is 9.47 Å². The van der Waals surface area contributed by atoms with Gasteiger partial charge in [0.2, 0.25) is 0 Å². The maximum atomic E-state index is 5.45. The van der Waals surface area contributed by atoms with E-state index in [0.717, 1.165) is 38.2 Å². The average Bonchev–Trinajstić information content (AvgIpc) is 1.95. The summed E-state index contributed by atoms with van der Waals surface area (Å²) in [6.45, 7) is 5.62. The highest BCUT2D eigenvalue weighted by Crippen LogP contribution is 2.31.